The Morgan fingerprint density at radius 3 is 1.67 bits per heavy atom. The Balaban J connectivity index is 1.59. The molecule has 1 nitrogen and oxygen atoms in total. The predicted octanol–water partition coefficient (Wildman–Crippen LogP) is 13.8. The summed E-state index contributed by atoms with van der Waals surface area (Å²) in [7, 11) is -2.45. The lowest BCUT2D eigenvalue weighted by Gasteiger charge is -2.35. The van der Waals surface area contributed by atoms with E-state index in [-0.39, 0.29) is 11.0 Å². The molecule has 51 heavy (non-hydrogen) atoms. The van der Waals surface area contributed by atoms with Crippen LogP contribution in [0, 0.1) is 0 Å². The molecule has 1 aliphatic carbocycles. The number of ether oxygens (including phenoxy) is 1. The number of benzene rings is 5. The second kappa shape index (κ2) is 14.6. The highest BCUT2D eigenvalue weighted by Crippen LogP contribution is 2.52. The number of rotatable bonds is 11. The van der Waals surface area contributed by atoms with E-state index in [4.69, 9.17) is 16.3 Å². The zero-order valence-electron chi connectivity index (χ0n) is 32.2. The number of fused-ring (bicyclic) bond motifs is 3. The summed E-state index contributed by atoms with van der Waals surface area (Å²) in [6.45, 7) is 25.4. The van der Waals surface area contributed by atoms with E-state index in [1.165, 1.54) is 66.4 Å². The Morgan fingerprint density at radius 1 is 0.725 bits per heavy atom. The van der Waals surface area contributed by atoms with Gasteiger partial charge >= 0.3 is 0 Å². The third-order valence-electron chi connectivity index (χ3n) is 11.5. The van der Waals surface area contributed by atoms with Crippen molar-refractivity contribution in [2.24, 2.45) is 0 Å². The van der Waals surface area contributed by atoms with Crippen LogP contribution >= 0.6 is 11.6 Å². The van der Waals surface area contributed by atoms with Crippen LogP contribution in [-0.2, 0) is 5.41 Å². The summed E-state index contributed by atoms with van der Waals surface area (Å²) in [5, 5.41) is 1.95. The minimum absolute atomic E-state index is 0.0625. The van der Waals surface area contributed by atoms with E-state index in [0.717, 1.165) is 18.6 Å². The number of hydrogen-bond donors (Lipinski definition) is 0. The molecular formula is C48H55ClOSi. The van der Waals surface area contributed by atoms with Crippen LogP contribution in [0.2, 0.25) is 18.1 Å². The van der Waals surface area contributed by atoms with E-state index in [9.17, 15) is 0 Å². The summed E-state index contributed by atoms with van der Waals surface area (Å²) < 4.78 is 6.47. The van der Waals surface area contributed by atoms with Crippen molar-refractivity contribution in [3.63, 3.8) is 0 Å². The fraction of sp³-hybridized carbons (Fsp3) is 0.333. The highest BCUT2D eigenvalue weighted by molar-refractivity contribution is 6.92. The molecule has 6 rings (SSSR count). The van der Waals surface area contributed by atoms with E-state index in [2.05, 4.69) is 165 Å². The average Bonchev–Trinajstić information content (AvgIpc) is 3.46. The van der Waals surface area contributed by atoms with E-state index in [1.54, 1.807) is 0 Å². The van der Waals surface area contributed by atoms with Gasteiger partial charge in [-0.25, -0.2) is 0 Å². The lowest BCUT2D eigenvalue weighted by molar-refractivity contribution is 0.366. The molecule has 0 saturated carbocycles. The normalized spacial score (nSPS) is 15.2. The van der Waals surface area contributed by atoms with E-state index < -0.39 is 8.07 Å². The molecule has 0 heterocycles. The zero-order valence-corrected chi connectivity index (χ0v) is 33.9. The molecule has 0 bridgehead atoms. The molecule has 3 heteroatoms. The van der Waals surface area contributed by atoms with E-state index in [1.807, 2.05) is 6.08 Å². The Hall–Kier alpha value is -3.85. The molecule has 0 N–H and O–H groups in total. The molecule has 0 saturated heterocycles. The first-order valence-corrected chi connectivity index (χ1v) is 22.3. The van der Waals surface area contributed by atoms with Crippen LogP contribution in [0.1, 0.15) is 107 Å². The van der Waals surface area contributed by atoms with Gasteiger partial charge < -0.3 is 4.74 Å². The summed E-state index contributed by atoms with van der Waals surface area (Å²) in [6, 6.07) is 37.2. The van der Waals surface area contributed by atoms with Crippen LogP contribution in [-0.4, -0.2) is 14.7 Å². The summed E-state index contributed by atoms with van der Waals surface area (Å²) in [6.07, 6.45) is 4.06. The molecule has 0 aromatic heterocycles. The van der Waals surface area contributed by atoms with Crippen LogP contribution in [0.5, 0.6) is 5.75 Å². The van der Waals surface area contributed by atoms with Gasteiger partial charge in [-0.1, -0.05) is 177 Å². The van der Waals surface area contributed by atoms with Crippen molar-refractivity contribution in [3.05, 3.63) is 143 Å². The van der Waals surface area contributed by atoms with Crippen LogP contribution in [0.3, 0.4) is 0 Å². The SMILES string of the molecule is C=CCOc1c(Cl)cc(C(C)(C)C)cc1[Si](C)(C)C1c2cc(-c3cccc(C(C)CC)c3)ccc2-c2ccc(-c3cccc(C(C)CC)c3)cc21. The first kappa shape index (κ1) is 36.9. The van der Waals surface area contributed by atoms with Gasteiger partial charge in [-0.3, -0.25) is 0 Å². The summed E-state index contributed by atoms with van der Waals surface area (Å²) in [5.41, 5.74) is 14.7. The highest BCUT2D eigenvalue weighted by atomic mass is 35.5. The predicted molar refractivity (Wildman–Crippen MR) is 225 cm³/mol. The van der Waals surface area contributed by atoms with Crippen LogP contribution in [0.15, 0.2) is 110 Å². The Morgan fingerprint density at radius 2 is 1.22 bits per heavy atom. The Bertz CT molecular complexity index is 1960. The van der Waals surface area contributed by atoms with Gasteiger partial charge in [0.05, 0.1) is 13.1 Å². The van der Waals surface area contributed by atoms with Gasteiger partial charge in [0.25, 0.3) is 0 Å². The fourth-order valence-electron chi connectivity index (χ4n) is 7.87. The standard InChI is InChI=1S/C48H55ClOSi/c1-11-24-50-46-44(49)29-39(48(6,7)8)30-45(46)51(9,10)47-42-27-37(35-18-14-16-33(25-35)31(4)12-2)20-22-40(42)41-23-21-38(28-43(41)47)36-19-15-17-34(26-36)32(5)13-3/h11,14-23,25-32,47H,1,12-13,24H2,2-10H3. The summed E-state index contributed by atoms with van der Waals surface area (Å²) in [4.78, 5) is 0. The van der Waals surface area contributed by atoms with Gasteiger partial charge in [0.1, 0.15) is 12.4 Å². The molecule has 5 aromatic carbocycles. The Labute approximate surface area is 313 Å². The monoisotopic (exact) mass is 710 g/mol. The minimum Gasteiger partial charge on any atom is -0.488 e. The molecule has 0 fully saturated rings. The second-order valence-corrected chi connectivity index (χ2v) is 21.3. The van der Waals surface area contributed by atoms with Gasteiger partial charge in [-0.15, -0.1) is 0 Å². The molecule has 0 amide bonds. The maximum atomic E-state index is 7.17. The van der Waals surface area contributed by atoms with Gasteiger partial charge in [-0.2, -0.15) is 0 Å². The van der Waals surface area contributed by atoms with Gasteiger partial charge in [0, 0.05) is 5.54 Å². The fourth-order valence-corrected chi connectivity index (χ4v) is 11.9. The molecule has 2 atom stereocenters. The number of hydrogen-bond acceptors (Lipinski definition) is 1. The molecule has 264 valence electrons. The molecule has 0 spiro atoms. The smallest absolute Gasteiger partial charge is 0.137 e. The first-order chi connectivity index (χ1) is 24.3. The van der Waals surface area contributed by atoms with Gasteiger partial charge in [-0.05, 0) is 103 Å². The minimum atomic E-state index is -2.45. The maximum Gasteiger partial charge on any atom is 0.137 e. The first-order valence-electron chi connectivity index (χ1n) is 18.9. The molecule has 5 aromatic rings. The van der Waals surface area contributed by atoms with Crippen molar-refractivity contribution in [1.82, 2.24) is 0 Å². The molecule has 0 radical (unpaired) electrons. The molecule has 0 aliphatic heterocycles. The number of halogens is 1. The summed E-state index contributed by atoms with van der Waals surface area (Å²) >= 11 is 7.17. The maximum absolute atomic E-state index is 7.17. The van der Waals surface area contributed by atoms with Crippen LogP contribution < -0.4 is 9.92 Å². The highest BCUT2D eigenvalue weighted by Gasteiger charge is 2.44. The average molecular weight is 712 g/mol. The van der Waals surface area contributed by atoms with Crippen LogP contribution in [0.4, 0.5) is 0 Å². The Kier molecular flexibility index (Phi) is 10.6. The molecule has 2 unspecified atom stereocenters. The van der Waals surface area contributed by atoms with Crippen molar-refractivity contribution in [2.45, 2.75) is 97.2 Å². The van der Waals surface area contributed by atoms with Crippen molar-refractivity contribution in [2.75, 3.05) is 6.61 Å². The third kappa shape index (κ3) is 7.15. The largest absolute Gasteiger partial charge is 0.488 e. The molecule has 1 aliphatic rings. The quantitative estimate of drug-likeness (QED) is 0.0979. The summed E-state index contributed by atoms with van der Waals surface area (Å²) in [5.74, 6) is 1.86. The van der Waals surface area contributed by atoms with Crippen molar-refractivity contribution < 1.29 is 4.74 Å². The lowest BCUT2D eigenvalue weighted by atomic mass is 9.87. The van der Waals surface area contributed by atoms with E-state index in [0.29, 0.717) is 23.5 Å². The van der Waals surface area contributed by atoms with Gasteiger partial charge in [0.2, 0.25) is 0 Å². The van der Waals surface area contributed by atoms with Crippen molar-refractivity contribution in [3.8, 4) is 39.1 Å². The van der Waals surface area contributed by atoms with E-state index >= 15 is 0 Å². The zero-order chi connectivity index (χ0) is 36.7. The second-order valence-electron chi connectivity index (χ2n) is 16.3. The van der Waals surface area contributed by atoms with Crippen molar-refractivity contribution in [1.29, 1.82) is 0 Å². The molecular weight excluding hydrogens is 656 g/mol. The topological polar surface area (TPSA) is 9.23 Å². The van der Waals surface area contributed by atoms with Crippen molar-refractivity contribution >= 4 is 24.9 Å². The van der Waals surface area contributed by atoms with Gasteiger partial charge in [0.15, 0.2) is 0 Å². The third-order valence-corrected chi connectivity index (χ3v) is 15.6. The lowest BCUT2D eigenvalue weighted by Crippen LogP contribution is -2.49. The van der Waals surface area contributed by atoms with Crippen LogP contribution in [0.25, 0.3) is 33.4 Å².